The van der Waals surface area contributed by atoms with Gasteiger partial charge < -0.3 is 9.32 Å². The van der Waals surface area contributed by atoms with Crippen LogP contribution >= 0.6 is 11.3 Å². The van der Waals surface area contributed by atoms with Crippen molar-refractivity contribution in [2.24, 2.45) is 0 Å². The molecule has 53 heavy (non-hydrogen) atoms. The van der Waals surface area contributed by atoms with Gasteiger partial charge in [-0.3, -0.25) is 0 Å². The number of hydrogen-bond donors (Lipinski definition) is 0. The Balaban J connectivity index is 1.08. The molecule has 0 aliphatic carbocycles. The average Bonchev–Trinajstić information content (AvgIpc) is 3.80. The lowest BCUT2D eigenvalue weighted by atomic mass is 9.93. The quantitative estimate of drug-likeness (QED) is 0.167. The van der Waals surface area contributed by atoms with Crippen molar-refractivity contribution in [3.8, 4) is 22.3 Å². The summed E-state index contributed by atoms with van der Waals surface area (Å²) in [4.78, 5) is 2.37. The van der Waals surface area contributed by atoms with Crippen molar-refractivity contribution in [3.63, 3.8) is 0 Å². The molecule has 248 valence electrons. The molecular formula is C50H31NOS. The molecule has 0 aliphatic heterocycles. The zero-order valence-electron chi connectivity index (χ0n) is 28.7. The van der Waals surface area contributed by atoms with E-state index in [0.29, 0.717) is 0 Å². The molecule has 0 saturated heterocycles. The molecule has 2 nitrogen and oxygen atoms in total. The maximum Gasteiger partial charge on any atom is 0.137 e. The molecule has 0 bridgehead atoms. The highest BCUT2D eigenvalue weighted by Crippen LogP contribution is 2.45. The number of hydrogen-bond acceptors (Lipinski definition) is 3. The average molecular weight is 694 g/mol. The van der Waals surface area contributed by atoms with Crippen molar-refractivity contribution in [2.75, 3.05) is 4.90 Å². The van der Waals surface area contributed by atoms with Gasteiger partial charge in [0.05, 0.1) is 11.1 Å². The molecule has 11 rings (SSSR count). The van der Waals surface area contributed by atoms with Gasteiger partial charge in [-0.2, -0.15) is 0 Å². The zero-order valence-corrected chi connectivity index (χ0v) is 29.5. The Kier molecular flexibility index (Phi) is 6.76. The minimum atomic E-state index is 0.876. The summed E-state index contributed by atoms with van der Waals surface area (Å²) in [5.41, 5.74) is 9.89. The lowest BCUT2D eigenvalue weighted by molar-refractivity contribution is 0.669. The summed E-state index contributed by atoms with van der Waals surface area (Å²) >= 11 is 1.86. The van der Waals surface area contributed by atoms with E-state index in [-0.39, 0.29) is 0 Å². The molecule has 0 spiro atoms. The van der Waals surface area contributed by atoms with Crippen molar-refractivity contribution in [2.45, 2.75) is 0 Å². The first kappa shape index (κ1) is 30.0. The molecule has 0 fully saturated rings. The van der Waals surface area contributed by atoms with Gasteiger partial charge in [-0.05, 0) is 104 Å². The van der Waals surface area contributed by atoms with Crippen LogP contribution in [0.25, 0.3) is 85.9 Å². The van der Waals surface area contributed by atoms with Crippen LogP contribution in [0.4, 0.5) is 17.1 Å². The molecule has 2 aromatic heterocycles. The van der Waals surface area contributed by atoms with Crippen LogP contribution < -0.4 is 4.90 Å². The summed E-state index contributed by atoms with van der Waals surface area (Å²) in [5.74, 6) is 0. The smallest absolute Gasteiger partial charge is 0.137 e. The summed E-state index contributed by atoms with van der Waals surface area (Å²) in [6.45, 7) is 0. The van der Waals surface area contributed by atoms with Gasteiger partial charge in [0.2, 0.25) is 0 Å². The molecular weight excluding hydrogens is 663 g/mol. The first-order valence-corrected chi connectivity index (χ1v) is 18.8. The summed E-state index contributed by atoms with van der Waals surface area (Å²) in [6.07, 6.45) is 0. The fraction of sp³-hybridized carbons (Fsp3) is 0. The number of para-hydroxylation sites is 1. The van der Waals surface area contributed by atoms with Crippen LogP contribution in [0.3, 0.4) is 0 Å². The predicted octanol–water partition coefficient (Wildman–Crippen LogP) is 15.1. The van der Waals surface area contributed by atoms with Crippen LogP contribution in [0.2, 0.25) is 0 Å². The molecule has 0 amide bonds. The maximum absolute atomic E-state index is 6.39. The zero-order chi connectivity index (χ0) is 34.9. The van der Waals surface area contributed by atoms with E-state index in [1.54, 1.807) is 0 Å². The molecule has 0 aliphatic rings. The second-order valence-corrected chi connectivity index (χ2v) is 14.7. The van der Waals surface area contributed by atoms with Crippen LogP contribution in [-0.4, -0.2) is 0 Å². The van der Waals surface area contributed by atoms with Crippen molar-refractivity contribution in [3.05, 3.63) is 188 Å². The largest absolute Gasteiger partial charge is 0.456 e. The van der Waals surface area contributed by atoms with E-state index in [1.165, 1.54) is 64.0 Å². The lowest BCUT2D eigenvalue weighted by Gasteiger charge is -2.27. The lowest BCUT2D eigenvalue weighted by Crippen LogP contribution is -2.10. The third kappa shape index (κ3) is 4.78. The summed E-state index contributed by atoms with van der Waals surface area (Å²) < 4.78 is 9.02. The van der Waals surface area contributed by atoms with Crippen molar-refractivity contribution in [1.29, 1.82) is 0 Å². The number of rotatable bonds is 5. The number of nitrogens with zero attached hydrogens (tertiary/aromatic N) is 1. The molecule has 0 unspecified atom stereocenters. The Morgan fingerprint density at radius 1 is 0.377 bits per heavy atom. The third-order valence-corrected chi connectivity index (χ3v) is 11.8. The van der Waals surface area contributed by atoms with Gasteiger partial charge in [0.25, 0.3) is 0 Å². The van der Waals surface area contributed by atoms with E-state index in [4.69, 9.17) is 4.42 Å². The number of benzene rings is 9. The molecule has 0 N–H and O–H groups in total. The summed E-state index contributed by atoms with van der Waals surface area (Å²) in [5, 5.41) is 9.90. The van der Waals surface area contributed by atoms with Crippen molar-refractivity contribution in [1.82, 2.24) is 0 Å². The van der Waals surface area contributed by atoms with Gasteiger partial charge in [0.15, 0.2) is 0 Å². The van der Waals surface area contributed by atoms with Gasteiger partial charge in [-0.15, -0.1) is 11.3 Å². The minimum Gasteiger partial charge on any atom is -0.456 e. The van der Waals surface area contributed by atoms with Gasteiger partial charge in [0, 0.05) is 36.9 Å². The van der Waals surface area contributed by atoms with E-state index in [1.807, 2.05) is 17.4 Å². The minimum absolute atomic E-state index is 0.876. The highest BCUT2D eigenvalue weighted by Gasteiger charge is 2.20. The highest BCUT2D eigenvalue weighted by molar-refractivity contribution is 7.25. The molecule has 9 aromatic carbocycles. The van der Waals surface area contributed by atoms with E-state index in [0.717, 1.165) is 39.0 Å². The number of fused-ring (bicyclic) bond motifs is 9. The van der Waals surface area contributed by atoms with E-state index >= 15 is 0 Å². The third-order valence-electron chi connectivity index (χ3n) is 10.7. The fourth-order valence-electron chi connectivity index (χ4n) is 8.26. The van der Waals surface area contributed by atoms with Crippen molar-refractivity contribution < 1.29 is 4.42 Å². The molecule has 0 saturated carbocycles. The Bertz CT molecular complexity index is 3170. The van der Waals surface area contributed by atoms with E-state index in [2.05, 4.69) is 187 Å². The Hall–Kier alpha value is -6.68. The standard InChI is InChI=1S/C50H31NOS/c1-2-12-37-34(11-1)31-43(40-14-4-3-13-39(37)40)33-25-29-36(30-26-33)51(44-18-10-20-46-50(44)41-15-5-7-19-45(41)52-46)35-27-23-32(24-28-35)38-17-9-22-48-49(38)42-16-6-8-21-47(42)53-48/h1-31H. The van der Waals surface area contributed by atoms with Crippen LogP contribution in [0, 0.1) is 0 Å². The van der Waals surface area contributed by atoms with Crippen LogP contribution in [0.5, 0.6) is 0 Å². The van der Waals surface area contributed by atoms with Crippen molar-refractivity contribution >= 4 is 92.1 Å². The molecule has 0 radical (unpaired) electrons. The normalized spacial score (nSPS) is 11.8. The molecule has 2 heterocycles. The second-order valence-electron chi connectivity index (χ2n) is 13.6. The molecule has 11 aromatic rings. The first-order chi connectivity index (χ1) is 26.3. The van der Waals surface area contributed by atoms with Crippen LogP contribution in [0.1, 0.15) is 0 Å². The monoisotopic (exact) mass is 693 g/mol. The number of furan rings is 1. The van der Waals surface area contributed by atoms with Gasteiger partial charge in [-0.25, -0.2) is 0 Å². The molecule has 0 atom stereocenters. The predicted molar refractivity (Wildman–Crippen MR) is 227 cm³/mol. The van der Waals surface area contributed by atoms with Crippen LogP contribution in [0.15, 0.2) is 192 Å². The number of thiophene rings is 1. The summed E-state index contributed by atoms with van der Waals surface area (Å²) in [6, 6.07) is 68.0. The Labute approximate surface area is 310 Å². The maximum atomic E-state index is 6.39. The Morgan fingerprint density at radius 2 is 0.962 bits per heavy atom. The topological polar surface area (TPSA) is 16.4 Å². The number of anilines is 3. The van der Waals surface area contributed by atoms with Gasteiger partial charge >= 0.3 is 0 Å². The molecule has 3 heteroatoms. The van der Waals surface area contributed by atoms with Crippen LogP contribution in [-0.2, 0) is 0 Å². The van der Waals surface area contributed by atoms with Gasteiger partial charge in [0.1, 0.15) is 11.2 Å². The van der Waals surface area contributed by atoms with E-state index < -0.39 is 0 Å². The Morgan fingerprint density at radius 3 is 1.75 bits per heavy atom. The second kappa shape index (κ2) is 11.9. The van der Waals surface area contributed by atoms with Gasteiger partial charge in [-0.1, -0.05) is 127 Å². The fourth-order valence-corrected chi connectivity index (χ4v) is 9.39. The highest BCUT2D eigenvalue weighted by atomic mass is 32.1. The van der Waals surface area contributed by atoms with E-state index in [9.17, 15) is 0 Å². The summed E-state index contributed by atoms with van der Waals surface area (Å²) in [7, 11) is 0. The first-order valence-electron chi connectivity index (χ1n) is 18.0. The SMILES string of the molecule is c1ccc2c(c1)cc(-c1ccc(N(c3ccc(-c4cccc5sc6ccccc6c45)cc3)c3cccc4oc5ccccc5c34)cc1)c1ccccc12.